The average molecular weight is 400 g/mol. The van der Waals surface area contributed by atoms with Crippen molar-refractivity contribution in [1.82, 2.24) is 9.97 Å². The zero-order chi connectivity index (χ0) is 15.4. The van der Waals surface area contributed by atoms with Crippen molar-refractivity contribution < 1.29 is 9.66 Å². The molecule has 0 fully saturated rings. The van der Waals surface area contributed by atoms with Gasteiger partial charge in [0, 0.05) is 31.9 Å². The Hall–Kier alpha value is -1.81. The molecule has 7 nitrogen and oxygen atoms in total. The molecule has 2 rings (SSSR count). The van der Waals surface area contributed by atoms with E-state index in [9.17, 15) is 10.1 Å². The third-order valence-corrected chi connectivity index (χ3v) is 3.89. The maximum Gasteiger partial charge on any atom is 0.270 e. The fraction of sp³-hybridized carbons (Fsp3) is 0.231. The minimum atomic E-state index is -0.439. The van der Waals surface area contributed by atoms with Crippen molar-refractivity contribution in [2.24, 2.45) is 0 Å². The number of aromatic nitrogens is 2. The molecule has 0 saturated carbocycles. The fourth-order valence-electron chi connectivity index (χ4n) is 1.78. The zero-order valence-corrected chi connectivity index (χ0v) is 13.6. The fourth-order valence-corrected chi connectivity index (χ4v) is 2.45. The smallest absolute Gasteiger partial charge is 0.270 e. The summed E-state index contributed by atoms with van der Waals surface area (Å²) in [7, 11) is 3.35. The summed E-state index contributed by atoms with van der Waals surface area (Å²) in [4.78, 5) is 19.3. The van der Waals surface area contributed by atoms with Gasteiger partial charge < -0.3 is 10.1 Å². The Bertz CT molecular complexity index is 678. The van der Waals surface area contributed by atoms with Crippen molar-refractivity contribution in [3.8, 4) is 11.4 Å². The van der Waals surface area contributed by atoms with Gasteiger partial charge in [0.25, 0.3) is 5.69 Å². The van der Waals surface area contributed by atoms with Gasteiger partial charge in [0.2, 0.25) is 0 Å². The van der Waals surface area contributed by atoms with Crippen molar-refractivity contribution in [2.75, 3.05) is 19.5 Å². The number of nitro groups is 1. The highest BCUT2D eigenvalue weighted by Crippen LogP contribution is 2.26. The van der Waals surface area contributed by atoms with Crippen LogP contribution in [0.1, 0.15) is 5.69 Å². The Labute approximate surface area is 135 Å². The molecular weight excluding hydrogens is 387 g/mol. The second-order valence-electron chi connectivity index (χ2n) is 4.15. The van der Waals surface area contributed by atoms with E-state index in [2.05, 4.69) is 37.9 Å². The normalized spacial score (nSPS) is 10.4. The molecule has 1 heterocycles. The van der Waals surface area contributed by atoms with E-state index in [4.69, 9.17) is 4.74 Å². The lowest BCUT2D eigenvalue weighted by Crippen LogP contribution is -2.06. The molecule has 0 spiro atoms. The first-order chi connectivity index (χ1) is 10.1. The van der Waals surface area contributed by atoms with E-state index in [1.807, 2.05) is 0 Å². The molecule has 8 heteroatoms. The number of rotatable bonds is 5. The Morgan fingerprint density at radius 3 is 2.81 bits per heavy atom. The zero-order valence-electron chi connectivity index (χ0n) is 11.5. The number of hydrogen-bond acceptors (Lipinski definition) is 6. The molecule has 1 aromatic carbocycles. The minimum Gasteiger partial charge on any atom is -0.378 e. The van der Waals surface area contributed by atoms with E-state index in [0.717, 1.165) is 9.26 Å². The number of hydrogen-bond donors (Lipinski definition) is 1. The second-order valence-corrected chi connectivity index (χ2v) is 5.23. The molecule has 0 atom stereocenters. The maximum atomic E-state index is 10.9. The molecule has 0 radical (unpaired) electrons. The van der Waals surface area contributed by atoms with Gasteiger partial charge in [-0.05, 0) is 22.6 Å². The standard InChI is InChI=1S/C13H13IN4O3/c1-15-13-11(14)10(7-21-2)16-12(17-13)8-4-3-5-9(6-8)18(19)20/h3-6H,7H2,1-2H3,(H,15,16,17). The molecule has 0 unspecified atom stereocenters. The van der Waals surface area contributed by atoms with Crippen LogP contribution in [0.15, 0.2) is 24.3 Å². The number of halogens is 1. The number of non-ortho nitro benzene ring substituents is 1. The molecule has 0 bridgehead atoms. The highest BCUT2D eigenvalue weighted by atomic mass is 127. The van der Waals surface area contributed by atoms with Crippen LogP contribution in [0, 0.1) is 13.7 Å². The molecule has 2 aromatic rings. The Kier molecular flexibility index (Phi) is 5.02. The lowest BCUT2D eigenvalue weighted by Gasteiger charge is -2.10. The molecule has 1 N–H and O–H groups in total. The van der Waals surface area contributed by atoms with Crippen LogP contribution in [0.2, 0.25) is 0 Å². The monoisotopic (exact) mass is 400 g/mol. The van der Waals surface area contributed by atoms with E-state index < -0.39 is 4.92 Å². The van der Waals surface area contributed by atoms with Crippen LogP contribution in [0.25, 0.3) is 11.4 Å². The van der Waals surface area contributed by atoms with Gasteiger partial charge in [-0.15, -0.1) is 0 Å². The minimum absolute atomic E-state index is 0.00829. The molecule has 0 aliphatic carbocycles. The predicted molar refractivity (Wildman–Crippen MR) is 87.1 cm³/mol. The number of nitrogens with one attached hydrogen (secondary N) is 1. The number of nitrogens with zero attached hydrogens (tertiary/aromatic N) is 3. The Morgan fingerprint density at radius 1 is 1.43 bits per heavy atom. The quantitative estimate of drug-likeness (QED) is 0.472. The average Bonchev–Trinajstić information content (AvgIpc) is 2.49. The summed E-state index contributed by atoms with van der Waals surface area (Å²) in [5, 5.41) is 13.9. The van der Waals surface area contributed by atoms with Crippen LogP contribution >= 0.6 is 22.6 Å². The predicted octanol–water partition coefficient (Wildman–Crippen LogP) is 2.84. The van der Waals surface area contributed by atoms with Crippen molar-refractivity contribution in [3.63, 3.8) is 0 Å². The third kappa shape index (κ3) is 3.45. The Balaban J connectivity index is 2.55. The van der Waals surface area contributed by atoms with Crippen LogP contribution in [0.3, 0.4) is 0 Å². The van der Waals surface area contributed by atoms with E-state index in [-0.39, 0.29) is 5.69 Å². The molecular formula is C13H13IN4O3. The lowest BCUT2D eigenvalue weighted by atomic mass is 10.2. The largest absolute Gasteiger partial charge is 0.378 e. The third-order valence-electron chi connectivity index (χ3n) is 2.75. The van der Waals surface area contributed by atoms with Crippen molar-refractivity contribution in [3.05, 3.63) is 43.6 Å². The van der Waals surface area contributed by atoms with Crippen molar-refractivity contribution in [1.29, 1.82) is 0 Å². The first-order valence-corrected chi connectivity index (χ1v) is 7.12. The van der Waals surface area contributed by atoms with Crippen LogP contribution in [-0.4, -0.2) is 29.0 Å². The van der Waals surface area contributed by atoms with E-state index in [0.29, 0.717) is 23.8 Å². The highest BCUT2D eigenvalue weighted by molar-refractivity contribution is 14.1. The summed E-state index contributed by atoms with van der Waals surface area (Å²) in [5.74, 6) is 1.09. The van der Waals surface area contributed by atoms with Crippen molar-refractivity contribution in [2.45, 2.75) is 6.61 Å². The summed E-state index contributed by atoms with van der Waals surface area (Å²) in [6, 6.07) is 6.25. The first kappa shape index (κ1) is 15.6. The number of anilines is 1. The molecule has 0 aliphatic heterocycles. The summed E-state index contributed by atoms with van der Waals surface area (Å²) in [6.07, 6.45) is 0. The SMILES string of the molecule is CNc1nc(-c2cccc([N+](=O)[O-])c2)nc(COC)c1I. The van der Waals surface area contributed by atoms with Gasteiger partial charge in [-0.25, -0.2) is 9.97 Å². The summed E-state index contributed by atoms with van der Waals surface area (Å²) in [6.45, 7) is 0.345. The van der Waals surface area contributed by atoms with Gasteiger partial charge in [0.1, 0.15) is 5.82 Å². The van der Waals surface area contributed by atoms with Gasteiger partial charge in [-0.2, -0.15) is 0 Å². The Morgan fingerprint density at radius 2 is 2.19 bits per heavy atom. The van der Waals surface area contributed by atoms with Gasteiger partial charge in [-0.1, -0.05) is 12.1 Å². The number of nitro benzene ring substituents is 1. The van der Waals surface area contributed by atoms with Crippen molar-refractivity contribution >= 4 is 34.1 Å². The van der Waals surface area contributed by atoms with Crippen LogP contribution in [-0.2, 0) is 11.3 Å². The highest BCUT2D eigenvalue weighted by Gasteiger charge is 2.14. The van der Waals surface area contributed by atoms with Gasteiger partial charge in [0.15, 0.2) is 5.82 Å². The molecule has 110 valence electrons. The molecule has 1 aromatic heterocycles. The van der Waals surface area contributed by atoms with Crippen LogP contribution in [0.4, 0.5) is 11.5 Å². The van der Waals surface area contributed by atoms with Gasteiger partial charge in [-0.3, -0.25) is 10.1 Å². The van der Waals surface area contributed by atoms with E-state index >= 15 is 0 Å². The molecule has 0 amide bonds. The summed E-state index contributed by atoms with van der Waals surface area (Å²) >= 11 is 2.14. The van der Waals surface area contributed by atoms with E-state index in [1.54, 1.807) is 26.3 Å². The topological polar surface area (TPSA) is 90.2 Å². The number of ether oxygens (including phenoxy) is 1. The van der Waals surface area contributed by atoms with Crippen LogP contribution < -0.4 is 5.32 Å². The van der Waals surface area contributed by atoms with E-state index in [1.165, 1.54) is 12.1 Å². The van der Waals surface area contributed by atoms with Crippen LogP contribution in [0.5, 0.6) is 0 Å². The molecule has 0 aliphatic rings. The molecule has 0 saturated heterocycles. The summed E-state index contributed by atoms with van der Waals surface area (Å²) < 4.78 is 6.00. The second kappa shape index (κ2) is 6.76. The first-order valence-electron chi connectivity index (χ1n) is 6.04. The maximum absolute atomic E-state index is 10.9. The van der Waals surface area contributed by atoms with Gasteiger partial charge >= 0.3 is 0 Å². The molecule has 21 heavy (non-hydrogen) atoms. The number of benzene rings is 1. The van der Waals surface area contributed by atoms with Gasteiger partial charge in [0.05, 0.1) is 20.8 Å². The lowest BCUT2D eigenvalue weighted by molar-refractivity contribution is -0.384. The summed E-state index contributed by atoms with van der Waals surface area (Å²) in [5.41, 5.74) is 1.34. The number of methoxy groups -OCH3 is 1.